The Bertz CT molecular complexity index is 405. The van der Waals surface area contributed by atoms with Crippen LogP contribution in [0.1, 0.15) is 31.4 Å². The van der Waals surface area contributed by atoms with Gasteiger partial charge in [0.15, 0.2) is 0 Å². The van der Waals surface area contributed by atoms with Gasteiger partial charge in [0.2, 0.25) is 0 Å². The van der Waals surface area contributed by atoms with Gasteiger partial charge in [0.25, 0.3) is 0 Å². The van der Waals surface area contributed by atoms with Crippen molar-refractivity contribution in [2.75, 3.05) is 33.3 Å². The molecule has 0 aromatic heterocycles. The van der Waals surface area contributed by atoms with E-state index >= 15 is 0 Å². The number of hydrogen-bond donors (Lipinski definition) is 1. The molecule has 1 heterocycles. The fourth-order valence-corrected chi connectivity index (χ4v) is 3.22. The summed E-state index contributed by atoms with van der Waals surface area (Å²) in [6.45, 7) is 6.66. The summed E-state index contributed by atoms with van der Waals surface area (Å²) in [5, 5.41) is 3.42. The van der Waals surface area contributed by atoms with Crippen LogP contribution in [-0.2, 0) is 0 Å². The van der Waals surface area contributed by atoms with Crippen molar-refractivity contribution >= 4 is 15.9 Å². The van der Waals surface area contributed by atoms with Crippen molar-refractivity contribution < 1.29 is 4.74 Å². The molecule has 19 heavy (non-hydrogen) atoms. The summed E-state index contributed by atoms with van der Waals surface area (Å²) >= 11 is 3.70. The normalized spacial score (nSPS) is 18.3. The van der Waals surface area contributed by atoms with Crippen molar-refractivity contribution in [2.45, 2.75) is 25.8 Å². The highest BCUT2D eigenvalue weighted by molar-refractivity contribution is 9.10. The third-order valence-corrected chi connectivity index (χ3v) is 4.44. The Labute approximate surface area is 124 Å². The molecule has 0 aliphatic carbocycles. The van der Waals surface area contributed by atoms with Gasteiger partial charge in [0, 0.05) is 36.7 Å². The summed E-state index contributed by atoms with van der Waals surface area (Å²) < 4.78 is 6.56. The molecule has 3 nitrogen and oxygen atoms in total. The lowest BCUT2D eigenvalue weighted by atomic mass is 9.99. The van der Waals surface area contributed by atoms with Crippen molar-refractivity contribution in [3.8, 4) is 5.75 Å². The first-order chi connectivity index (χ1) is 9.26. The van der Waals surface area contributed by atoms with Gasteiger partial charge in [-0.05, 0) is 30.2 Å². The Balaban J connectivity index is 2.26. The van der Waals surface area contributed by atoms with E-state index in [1.54, 1.807) is 7.11 Å². The SMILES string of the molecule is CCC[C@@H](c1cc(OC)ccc1Br)N1CCNCC1. The highest BCUT2D eigenvalue weighted by Gasteiger charge is 2.23. The third kappa shape index (κ3) is 3.71. The number of piperazine rings is 1. The second kappa shape index (κ2) is 7.27. The standard InChI is InChI=1S/C15H23BrN2O/c1-3-4-15(18-9-7-17-8-10-18)13-11-12(19-2)5-6-14(13)16/h5-6,11,15,17H,3-4,7-10H2,1-2H3/t15-/m0/s1. The summed E-state index contributed by atoms with van der Waals surface area (Å²) in [7, 11) is 1.73. The topological polar surface area (TPSA) is 24.5 Å². The molecule has 106 valence electrons. The summed E-state index contributed by atoms with van der Waals surface area (Å²) in [6.07, 6.45) is 2.38. The van der Waals surface area contributed by atoms with E-state index in [2.05, 4.69) is 45.2 Å². The molecule has 4 heteroatoms. The minimum absolute atomic E-state index is 0.483. The lowest BCUT2D eigenvalue weighted by Gasteiger charge is -2.35. The van der Waals surface area contributed by atoms with Gasteiger partial charge in [0.05, 0.1) is 7.11 Å². The predicted octanol–water partition coefficient (Wildman–Crippen LogP) is 3.20. The second-order valence-electron chi connectivity index (χ2n) is 4.98. The van der Waals surface area contributed by atoms with E-state index in [1.165, 1.54) is 22.9 Å². The lowest BCUT2D eigenvalue weighted by molar-refractivity contribution is 0.164. The van der Waals surface area contributed by atoms with E-state index in [0.29, 0.717) is 6.04 Å². The molecule has 1 aliphatic rings. The number of rotatable bonds is 5. The van der Waals surface area contributed by atoms with Crippen molar-refractivity contribution in [1.82, 2.24) is 10.2 Å². The molecule has 1 fully saturated rings. The quantitative estimate of drug-likeness (QED) is 0.899. The third-order valence-electron chi connectivity index (χ3n) is 3.72. The van der Waals surface area contributed by atoms with Crippen molar-refractivity contribution in [1.29, 1.82) is 0 Å². The van der Waals surface area contributed by atoms with Crippen LogP contribution in [0.5, 0.6) is 5.75 Å². The summed E-state index contributed by atoms with van der Waals surface area (Å²) in [5.41, 5.74) is 1.35. The molecule has 0 amide bonds. The van der Waals surface area contributed by atoms with E-state index in [4.69, 9.17) is 4.74 Å². The highest BCUT2D eigenvalue weighted by Crippen LogP contribution is 2.34. The fraction of sp³-hybridized carbons (Fsp3) is 0.600. The maximum atomic E-state index is 5.37. The number of benzene rings is 1. The van der Waals surface area contributed by atoms with Gasteiger partial charge in [0.1, 0.15) is 5.75 Å². The maximum Gasteiger partial charge on any atom is 0.119 e. The van der Waals surface area contributed by atoms with Crippen LogP contribution in [-0.4, -0.2) is 38.2 Å². The van der Waals surface area contributed by atoms with Crippen molar-refractivity contribution in [3.63, 3.8) is 0 Å². The number of halogens is 1. The first-order valence-electron chi connectivity index (χ1n) is 7.04. The van der Waals surface area contributed by atoms with Crippen LogP contribution >= 0.6 is 15.9 Å². The molecule has 1 N–H and O–H groups in total. The molecule has 1 aliphatic heterocycles. The first kappa shape index (κ1) is 14.8. The molecule has 1 atom stereocenters. The van der Waals surface area contributed by atoms with Gasteiger partial charge in [-0.2, -0.15) is 0 Å². The minimum Gasteiger partial charge on any atom is -0.497 e. The van der Waals surface area contributed by atoms with Crippen molar-refractivity contribution in [2.24, 2.45) is 0 Å². The Kier molecular flexibility index (Phi) is 5.67. The minimum atomic E-state index is 0.483. The molecule has 1 aromatic carbocycles. The van der Waals surface area contributed by atoms with Crippen LogP contribution in [0.2, 0.25) is 0 Å². The smallest absolute Gasteiger partial charge is 0.119 e. The number of methoxy groups -OCH3 is 1. The zero-order chi connectivity index (χ0) is 13.7. The molecular formula is C15H23BrN2O. The Morgan fingerprint density at radius 3 is 2.74 bits per heavy atom. The van der Waals surface area contributed by atoms with Gasteiger partial charge in [-0.1, -0.05) is 29.3 Å². The molecule has 0 bridgehead atoms. The monoisotopic (exact) mass is 326 g/mol. The fourth-order valence-electron chi connectivity index (χ4n) is 2.71. The summed E-state index contributed by atoms with van der Waals surface area (Å²) in [6, 6.07) is 6.76. The molecule has 0 spiro atoms. The van der Waals surface area contributed by atoms with Crippen molar-refractivity contribution in [3.05, 3.63) is 28.2 Å². The lowest BCUT2D eigenvalue weighted by Crippen LogP contribution is -2.45. The van der Waals surface area contributed by atoms with E-state index in [-0.39, 0.29) is 0 Å². The van der Waals surface area contributed by atoms with E-state index in [1.807, 2.05) is 6.07 Å². The highest BCUT2D eigenvalue weighted by atomic mass is 79.9. The van der Waals surface area contributed by atoms with Crippen LogP contribution < -0.4 is 10.1 Å². The van der Waals surface area contributed by atoms with Gasteiger partial charge in [-0.15, -0.1) is 0 Å². The zero-order valence-electron chi connectivity index (χ0n) is 11.8. The van der Waals surface area contributed by atoms with Crippen LogP contribution in [0.4, 0.5) is 0 Å². The molecule has 0 radical (unpaired) electrons. The summed E-state index contributed by atoms with van der Waals surface area (Å²) in [4.78, 5) is 2.58. The van der Waals surface area contributed by atoms with Gasteiger partial charge < -0.3 is 10.1 Å². The van der Waals surface area contributed by atoms with Crippen LogP contribution in [0.25, 0.3) is 0 Å². The van der Waals surface area contributed by atoms with E-state index in [0.717, 1.165) is 31.9 Å². The van der Waals surface area contributed by atoms with Crippen LogP contribution in [0.3, 0.4) is 0 Å². The predicted molar refractivity (Wildman–Crippen MR) is 82.8 cm³/mol. The zero-order valence-corrected chi connectivity index (χ0v) is 13.4. The van der Waals surface area contributed by atoms with Gasteiger partial charge in [-0.25, -0.2) is 0 Å². The van der Waals surface area contributed by atoms with Crippen LogP contribution in [0, 0.1) is 0 Å². The number of nitrogens with one attached hydrogen (secondary N) is 1. The first-order valence-corrected chi connectivity index (χ1v) is 7.83. The largest absolute Gasteiger partial charge is 0.497 e. The molecule has 1 saturated heterocycles. The molecule has 1 aromatic rings. The molecule has 0 saturated carbocycles. The number of nitrogens with zero attached hydrogens (tertiary/aromatic N) is 1. The Morgan fingerprint density at radius 2 is 2.11 bits per heavy atom. The summed E-state index contributed by atoms with van der Waals surface area (Å²) in [5.74, 6) is 0.939. The maximum absolute atomic E-state index is 5.37. The van der Waals surface area contributed by atoms with Gasteiger partial charge in [-0.3, -0.25) is 4.90 Å². The molecular weight excluding hydrogens is 304 g/mol. The average Bonchev–Trinajstić information content (AvgIpc) is 2.47. The Morgan fingerprint density at radius 1 is 1.37 bits per heavy atom. The van der Waals surface area contributed by atoms with E-state index in [9.17, 15) is 0 Å². The molecule has 0 unspecified atom stereocenters. The molecule has 2 rings (SSSR count). The van der Waals surface area contributed by atoms with Crippen LogP contribution in [0.15, 0.2) is 22.7 Å². The number of ether oxygens (including phenoxy) is 1. The number of hydrogen-bond acceptors (Lipinski definition) is 3. The second-order valence-corrected chi connectivity index (χ2v) is 5.83. The average molecular weight is 327 g/mol. The Hall–Kier alpha value is -0.580. The van der Waals surface area contributed by atoms with E-state index < -0.39 is 0 Å². The van der Waals surface area contributed by atoms with Gasteiger partial charge >= 0.3 is 0 Å².